The van der Waals surface area contributed by atoms with Crippen LogP contribution in [0.2, 0.25) is 0 Å². The molecule has 0 unspecified atom stereocenters. The molecule has 23 heavy (non-hydrogen) atoms. The number of nitrogen functional groups attached to an aromatic ring is 1. The van der Waals surface area contributed by atoms with Crippen molar-refractivity contribution in [3.8, 4) is 11.1 Å². The van der Waals surface area contributed by atoms with Gasteiger partial charge in [0.05, 0.1) is 0 Å². The Morgan fingerprint density at radius 1 is 1.26 bits per heavy atom. The second-order valence-electron chi connectivity index (χ2n) is 4.82. The Balaban J connectivity index is 0.00000288. The predicted molar refractivity (Wildman–Crippen MR) is 101 cm³/mol. The SMILES string of the molecule is C=C/C=C(\C=C)CNc1ncc(-c2ccc(N)c(C=N)c2)cn1.[HH].[HH]. The molecule has 0 saturated heterocycles. The van der Waals surface area contributed by atoms with Crippen molar-refractivity contribution in [1.82, 2.24) is 9.97 Å². The van der Waals surface area contributed by atoms with E-state index in [2.05, 4.69) is 28.4 Å². The summed E-state index contributed by atoms with van der Waals surface area (Å²) in [6, 6.07) is 5.51. The first-order chi connectivity index (χ1) is 11.2. The molecular weight excluding hydrogens is 286 g/mol. The smallest absolute Gasteiger partial charge is 0.222 e. The molecule has 5 heteroatoms. The average Bonchev–Trinajstić information content (AvgIpc) is 2.59. The highest BCUT2D eigenvalue weighted by Crippen LogP contribution is 2.22. The van der Waals surface area contributed by atoms with Gasteiger partial charge < -0.3 is 16.5 Å². The fourth-order valence-electron chi connectivity index (χ4n) is 1.98. The Labute approximate surface area is 138 Å². The van der Waals surface area contributed by atoms with E-state index in [0.717, 1.165) is 16.7 Å². The molecule has 0 radical (unpaired) electrons. The molecule has 0 aliphatic carbocycles. The van der Waals surface area contributed by atoms with Gasteiger partial charge in [-0.25, -0.2) is 9.97 Å². The summed E-state index contributed by atoms with van der Waals surface area (Å²) in [7, 11) is 0. The second-order valence-corrected chi connectivity index (χ2v) is 4.82. The lowest BCUT2D eigenvalue weighted by Gasteiger charge is -2.07. The Kier molecular flexibility index (Phi) is 5.41. The third-order valence-electron chi connectivity index (χ3n) is 3.27. The molecule has 0 saturated carbocycles. The Morgan fingerprint density at radius 2 is 2.00 bits per heavy atom. The number of hydrogen-bond donors (Lipinski definition) is 3. The first kappa shape index (κ1) is 16.2. The molecule has 0 aliphatic rings. The summed E-state index contributed by atoms with van der Waals surface area (Å²) in [4.78, 5) is 8.60. The van der Waals surface area contributed by atoms with Gasteiger partial charge >= 0.3 is 0 Å². The summed E-state index contributed by atoms with van der Waals surface area (Å²) in [5, 5.41) is 10.5. The number of anilines is 2. The van der Waals surface area contributed by atoms with E-state index < -0.39 is 0 Å². The summed E-state index contributed by atoms with van der Waals surface area (Å²) >= 11 is 0. The lowest BCUT2D eigenvalue weighted by Crippen LogP contribution is -2.06. The summed E-state index contributed by atoms with van der Waals surface area (Å²) in [6.07, 6.45) is 10.1. The minimum Gasteiger partial charge on any atom is -0.398 e. The lowest BCUT2D eigenvalue weighted by molar-refractivity contribution is 1.11. The van der Waals surface area contributed by atoms with Crippen LogP contribution in [0.15, 0.2) is 67.6 Å². The molecule has 2 rings (SSSR count). The zero-order valence-electron chi connectivity index (χ0n) is 12.8. The van der Waals surface area contributed by atoms with Gasteiger partial charge in [0.15, 0.2) is 0 Å². The molecule has 1 heterocycles. The van der Waals surface area contributed by atoms with Gasteiger partial charge in [-0.2, -0.15) is 0 Å². The van der Waals surface area contributed by atoms with Crippen molar-refractivity contribution in [2.75, 3.05) is 17.6 Å². The molecule has 5 nitrogen and oxygen atoms in total. The molecule has 0 atom stereocenters. The number of hydrogen-bond acceptors (Lipinski definition) is 5. The van der Waals surface area contributed by atoms with Crippen molar-refractivity contribution in [3.05, 3.63) is 73.1 Å². The molecule has 0 spiro atoms. The maximum absolute atomic E-state index is 7.36. The van der Waals surface area contributed by atoms with E-state index in [9.17, 15) is 0 Å². The van der Waals surface area contributed by atoms with Gasteiger partial charge in [-0.05, 0) is 23.3 Å². The van der Waals surface area contributed by atoms with Crippen LogP contribution < -0.4 is 11.1 Å². The second kappa shape index (κ2) is 7.70. The fraction of sp³-hybridized carbons (Fsp3) is 0.0556. The van der Waals surface area contributed by atoms with E-state index >= 15 is 0 Å². The van der Waals surface area contributed by atoms with Crippen LogP contribution in [0.4, 0.5) is 11.6 Å². The van der Waals surface area contributed by atoms with E-state index in [4.69, 9.17) is 11.1 Å². The molecule has 1 aromatic carbocycles. The molecule has 4 N–H and O–H groups in total. The van der Waals surface area contributed by atoms with E-state index in [1.165, 1.54) is 6.21 Å². The monoisotopic (exact) mass is 309 g/mol. The summed E-state index contributed by atoms with van der Waals surface area (Å²) < 4.78 is 0. The van der Waals surface area contributed by atoms with E-state index in [0.29, 0.717) is 23.7 Å². The summed E-state index contributed by atoms with van der Waals surface area (Å²) in [5.74, 6) is 0.535. The average molecular weight is 309 g/mol. The number of aromatic nitrogens is 2. The van der Waals surface area contributed by atoms with Gasteiger partial charge in [0.1, 0.15) is 0 Å². The van der Waals surface area contributed by atoms with Gasteiger partial charge in [-0.1, -0.05) is 37.5 Å². The molecule has 1 aromatic heterocycles. The maximum atomic E-state index is 7.36. The highest BCUT2D eigenvalue weighted by Gasteiger charge is 2.03. The Morgan fingerprint density at radius 3 is 2.61 bits per heavy atom. The largest absolute Gasteiger partial charge is 0.398 e. The molecule has 0 bridgehead atoms. The lowest BCUT2D eigenvalue weighted by atomic mass is 10.1. The zero-order valence-corrected chi connectivity index (χ0v) is 12.8. The number of nitrogens with zero attached hydrogens (tertiary/aromatic N) is 2. The summed E-state index contributed by atoms with van der Waals surface area (Å²) in [6.45, 7) is 7.98. The normalized spacial score (nSPS) is 10.9. The van der Waals surface area contributed by atoms with Gasteiger partial charge in [-0.3, -0.25) is 0 Å². The van der Waals surface area contributed by atoms with Crippen molar-refractivity contribution in [2.45, 2.75) is 0 Å². The van der Waals surface area contributed by atoms with Crippen molar-refractivity contribution < 1.29 is 2.85 Å². The van der Waals surface area contributed by atoms with Crippen molar-refractivity contribution in [3.63, 3.8) is 0 Å². The van der Waals surface area contributed by atoms with E-state index in [1.54, 1.807) is 30.6 Å². The van der Waals surface area contributed by atoms with Crippen LogP contribution in [-0.2, 0) is 0 Å². The van der Waals surface area contributed by atoms with Crippen LogP contribution in [0.25, 0.3) is 11.1 Å². The minimum atomic E-state index is 0. The standard InChI is InChI=1S/C18H19N5.2H2/c1-3-5-13(4-2)10-21-18-22-11-16(12-23-18)14-6-7-17(20)15(8-14)9-19;;/h3-9,11-12,19H,1-2,10,20H2,(H,21,22,23);2*1H/b13-5+,19-9?;;. The van der Waals surface area contributed by atoms with Gasteiger partial charge in [0, 0.05) is 44.8 Å². The molecule has 0 amide bonds. The Hall–Kier alpha value is -3.21. The van der Waals surface area contributed by atoms with E-state index in [-0.39, 0.29) is 2.85 Å². The van der Waals surface area contributed by atoms with Gasteiger partial charge in [0.25, 0.3) is 0 Å². The number of rotatable bonds is 7. The molecular formula is C18H23N5. The Bertz CT molecular complexity index is 755. The highest BCUT2D eigenvalue weighted by atomic mass is 15.1. The van der Waals surface area contributed by atoms with Crippen LogP contribution >= 0.6 is 0 Å². The molecule has 2 aromatic rings. The maximum Gasteiger partial charge on any atom is 0.222 e. The van der Waals surface area contributed by atoms with Crippen molar-refractivity contribution in [1.29, 1.82) is 5.41 Å². The predicted octanol–water partition coefficient (Wildman–Crippen LogP) is 3.93. The van der Waals surface area contributed by atoms with Crippen molar-refractivity contribution in [2.24, 2.45) is 0 Å². The highest BCUT2D eigenvalue weighted by molar-refractivity contribution is 5.87. The summed E-state index contributed by atoms with van der Waals surface area (Å²) in [5.41, 5.74) is 9.83. The third kappa shape index (κ3) is 4.14. The van der Waals surface area contributed by atoms with Crippen LogP contribution in [0.1, 0.15) is 8.42 Å². The molecule has 0 fully saturated rings. The number of allylic oxidation sites excluding steroid dienone is 2. The van der Waals surface area contributed by atoms with Gasteiger partial charge in [0.2, 0.25) is 5.95 Å². The van der Waals surface area contributed by atoms with Crippen LogP contribution in [0.3, 0.4) is 0 Å². The van der Waals surface area contributed by atoms with Gasteiger partial charge in [-0.15, -0.1) is 0 Å². The fourth-order valence-corrected chi connectivity index (χ4v) is 1.98. The minimum absolute atomic E-state index is 0. The first-order valence-corrected chi connectivity index (χ1v) is 7.08. The number of nitrogens with one attached hydrogen (secondary N) is 2. The quantitative estimate of drug-likeness (QED) is 0.411. The molecule has 120 valence electrons. The third-order valence-corrected chi connectivity index (χ3v) is 3.27. The van der Waals surface area contributed by atoms with Crippen LogP contribution in [0, 0.1) is 5.41 Å². The number of nitrogens with two attached hydrogens (primary N) is 1. The van der Waals surface area contributed by atoms with E-state index in [1.807, 2.05) is 18.2 Å². The van der Waals surface area contributed by atoms with Crippen LogP contribution in [-0.4, -0.2) is 22.7 Å². The first-order valence-electron chi connectivity index (χ1n) is 7.08. The van der Waals surface area contributed by atoms with Crippen LogP contribution in [0.5, 0.6) is 0 Å². The van der Waals surface area contributed by atoms with Crippen molar-refractivity contribution >= 4 is 17.9 Å². The number of benzene rings is 1. The topological polar surface area (TPSA) is 87.7 Å². The zero-order chi connectivity index (χ0) is 16.7. The molecule has 0 aliphatic heterocycles.